The molecule has 3 fully saturated rings. The summed E-state index contributed by atoms with van der Waals surface area (Å²) in [5.74, 6) is 0.626. The minimum Gasteiger partial charge on any atom is -0.489 e. The van der Waals surface area contributed by atoms with E-state index in [-0.39, 0.29) is 18.1 Å². The molecule has 2 heterocycles. The van der Waals surface area contributed by atoms with Gasteiger partial charge in [0.15, 0.2) is 0 Å². The van der Waals surface area contributed by atoms with Crippen molar-refractivity contribution in [2.75, 3.05) is 0 Å². The number of carboxylic acids is 1. The largest absolute Gasteiger partial charge is 0.489 e. The van der Waals surface area contributed by atoms with Crippen molar-refractivity contribution < 1.29 is 14.6 Å². The summed E-state index contributed by atoms with van der Waals surface area (Å²) in [7, 11) is 0. The zero-order chi connectivity index (χ0) is 23.8. The molecule has 180 valence electrons. The highest BCUT2D eigenvalue weighted by Gasteiger charge is 2.42. The van der Waals surface area contributed by atoms with Gasteiger partial charge in [0.2, 0.25) is 0 Å². The minimum atomic E-state index is -0.639. The second-order valence-electron chi connectivity index (χ2n) is 10.9. The monoisotopic (exact) mass is 460 g/mol. The lowest BCUT2D eigenvalue weighted by Gasteiger charge is -2.51. The fourth-order valence-corrected chi connectivity index (χ4v) is 6.75. The van der Waals surface area contributed by atoms with Crippen LogP contribution in [0.4, 0.5) is 0 Å². The van der Waals surface area contributed by atoms with Crippen LogP contribution in [0.1, 0.15) is 88.8 Å². The van der Waals surface area contributed by atoms with Crippen molar-refractivity contribution in [3.05, 3.63) is 41.5 Å². The Hall–Kier alpha value is -2.58. The molecule has 2 saturated heterocycles. The molecule has 3 aliphatic rings. The van der Waals surface area contributed by atoms with Crippen LogP contribution in [-0.2, 0) is 4.79 Å². The van der Waals surface area contributed by atoms with Gasteiger partial charge in [-0.1, -0.05) is 31.5 Å². The summed E-state index contributed by atoms with van der Waals surface area (Å²) in [4.78, 5) is 14.2. The predicted molar refractivity (Wildman–Crippen MR) is 133 cm³/mol. The van der Waals surface area contributed by atoms with E-state index in [1.54, 1.807) is 0 Å². The Labute approximate surface area is 202 Å². The molecule has 0 spiro atoms. The number of fused-ring (bicyclic) bond motifs is 3. The number of carboxylic acid groups (broad SMARTS) is 1. The summed E-state index contributed by atoms with van der Waals surface area (Å²) in [5, 5.41) is 21.6. The normalized spacial score (nSPS) is 30.4. The lowest BCUT2D eigenvalue weighted by atomic mass is 9.77. The van der Waals surface area contributed by atoms with Crippen LogP contribution in [-0.4, -0.2) is 34.2 Å². The van der Waals surface area contributed by atoms with Gasteiger partial charge < -0.3 is 9.84 Å². The second-order valence-corrected chi connectivity index (χ2v) is 10.9. The highest BCUT2D eigenvalue weighted by Crippen LogP contribution is 2.43. The van der Waals surface area contributed by atoms with Crippen LogP contribution in [0.25, 0.3) is 10.8 Å². The predicted octanol–water partition coefficient (Wildman–Crippen LogP) is 6.45. The number of carbonyl (C=O) groups is 1. The van der Waals surface area contributed by atoms with Gasteiger partial charge in [-0.15, -0.1) is 0 Å². The van der Waals surface area contributed by atoms with Gasteiger partial charge in [0, 0.05) is 23.5 Å². The number of nitrogens with zero attached hydrogens (tertiary/aromatic N) is 2. The third-order valence-corrected chi connectivity index (χ3v) is 8.68. The minimum absolute atomic E-state index is 0.202. The smallest absolute Gasteiger partial charge is 0.306 e. The Balaban J connectivity index is 1.39. The number of aliphatic carboxylic acids is 1. The Morgan fingerprint density at radius 3 is 2.44 bits per heavy atom. The maximum Gasteiger partial charge on any atom is 0.306 e. The van der Waals surface area contributed by atoms with E-state index >= 15 is 0 Å². The molecule has 5 heteroatoms. The maximum absolute atomic E-state index is 11.7. The van der Waals surface area contributed by atoms with Crippen LogP contribution in [0, 0.1) is 23.2 Å². The van der Waals surface area contributed by atoms with Crippen LogP contribution >= 0.6 is 0 Å². The molecular weight excluding hydrogens is 424 g/mol. The Kier molecular flexibility index (Phi) is 6.53. The molecule has 2 aromatic carbocycles. The van der Waals surface area contributed by atoms with Crippen LogP contribution in [0.2, 0.25) is 0 Å². The number of ether oxygens (including phenoxy) is 1. The highest BCUT2D eigenvalue weighted by atomic mass is 16.5. The molecular formula is C29H36N2O3. The first-order valence-corrected chi connectivity index (χ1v) is 13.1. The van der Waals surface area contributed by atoms with Crippen molar-refractivity contribution in [2.45, 2.75) is 95.9 Å². The molecule has 0 aromatic heterocycles. The van der Waals surface area contributed by atoms with Crippen molar-refractivity contribution in [1.82, 2.24) is 4.90 Å². The van der Waals surface area contributed by atoms with E-state index in [9.17, 15) is 15.2 Å². The first-order chi connectivity index (χ1) is 16.4. The summed E-state index contributed by atoms with van der Waals surface area (Å²) in [6, 6.07) is 13.8. The second kappa shape index (κ2) is 9.58. The molecule has 5 nitrogen and oxygen atoms in total. The van der Waals surface area contributed by atoms with E-state index in [4.69, 9.17) is 4.74 Å². The van der Waals surface area contributed by atoms with Gasteiger partial charge >= 0.3 is 5.97 Å². The van der Waals surface area contributed by atoms with Gasteiger partial charge in [-0.05, 0) is 87.3 Å². The van der Waals surface area contributed by atoms with E-state index in [2.05, 4.69) is 49.1 Å². The third-order valence-electron chi connectivity index (χ3n) is 8.68. The first-order valence-electron chi connectivity index (χ1n) is 13.1. The summed E-state index contributed by atoms with van der Waals surface area (Å²) in [6.07, 6.45) is 9.55. The van der Waals surface area contributed by atoms with E-state index < -0.39 is 5.97 Å². The average molecular weight is 461 g/mol. The molecule has 0 radical (unpaired) electrons. The molecule has 1 aliphatic carbocycles. The SMILES string of the molecule is CC(c1ccc2c(C#N)c(O[C@H]3CC[C@@H](C)CC3)ccc2c1)N1C2CCCC1CC(C(=O)O)C2. The van der Waals surface area contributed by atoms with Gasteiger partial charge in [0.25, 0.3) is 0 Å². The molecule has 3 unspecified atom stereocenters. The van der Waals surface area contributed by atoms with Crippen LogP contribution < -0.4 is 4.74 Å². The summed E-state index contributed by atoms with van der Waals surface area (Å²) < 4.78 is 6.31. The Bertz CT molecular complexity index is 1080. The molecule has 1 N–H and O–H groups in total. The number of benzene rings is 2. The molecule has 34 heavy (non-hydrogen) atoms. The Morgan fingerprint density at radius 1 is 1.09 bits per heavy atom. The fourth-order valence-electron chi connectivity index (χ4n) is 6.75. The first kappa shape index (κ1) is 23.2. The third kappa shape index (κ3) is 4.41. The van der Waals surface area contributed by atoms with Crippen molar-refractivity contribution in [1.29, 1.82) is 5.26 Å². The van der Waals surface area contributed by atoms with E-state index in [0.717, 1.165) is 55.2 Å². The fraction of sp³-hybridized carbons (Fsp3) is 0.586. The van der Waals surface area contributed by atoms with E-state index in [0.29, 0.717) is 23.4 Å². The lowest BCUT2D eigenvalue weighted by Crippen LogP contribution is -2.53. The summed E-state index contributed by atoms with van der Waals surface area (Å²) in [6.45, 7) is 4.55. The summed E-state index contributed by atoms with van der Waals surface area (Å²) >= 11 is 0. The van der Waals surface area contributed by atoms with E-state index in [1.165, 1.54) is 24.8 Å². The molecule has 3 atom stereocenters. The van der Waals surface area contributed by atoms with Crippen molar-refractivity contribution in [3.63, 3.8) is 0 Å². The van der Waals surface area contributed by atoms with Gasteiger partial charge in [0.05, 0.1) is 12.0 Å². The van der Waals surface area contributed by atoms with Gasteiger partial charge in [-0.2, -0.15) is 5.26 Å². The number of nitriles is 1. The van der Waals surface area contributed by atoms with Crippen molar-refractivity contribution in [2.24, 2.45) is 11.8 Å². The van der Waals surface area contributed by atoms with Gasteiger partial charge in [0.1, 0.15) is 17.4 Å². The highest BCUT2D eigenvalue weighted by molar-refractivity contribution is 5.90. The summed E-state index contributed by atoms with van der Waals surface area (Å²) in [5.41, 5.74) is 1.87. The maximum atomic E-state index is 11.7. The quantitative estimate of drug-likeness (QED) is 0.555. The number of rotatable bonds is 5. The zero-order valence-electron chi connectivity index (χ0n) is 20.4. The Morgan fingerprint density at radius 2 is 1.79 bits per heavy atom. The number of hydrogen-bond acceptors (Lipinski definition) is 4. The van der Waals surface area contributed by atoms with Crippen LogP contribution in [0.15, 0.2) is 30.3 Å². The topological polar surface area (TPSA) is 73.6 Å². The van der Waals surface area contributed by atoms with Gasteiger partial charge in [-0.25, -0.2) is 0 Å². The number of piperidine rings is 2. The van der Waals surface area contributed by atoms with Crippen molar-refractivity contribution >= 4 is 16.7 Å². The standard InChI is InChI=1S/C29H36N2O3/c1-18-6-10-25(11-7-18)34-28-13-9-21-14-20(8-12-26(21)27(28)17-30)19(2)31-23-4-3-5-24(31)16-22(15-23)29(32)33/h8-9,12-14,18-19,22-25H,3-7,10-11,15-16H2,1-2H3,(H,32,33)/t18-,19?,22?,23?,24?,25+. The zero-order valence-corrected chi connectivity index (χ0v) is 20.4. The molecule has 2 aromatic rings. The molecule has 2 bridgehead atoms. The van der Waals surface area contributed by atoms with Crippen LogP contribution in [0.5, 0.6) is 5.75 Å². The molecule has 1 saturated carbocycles. The molecule has 5 rings (SSSR count). The van der Waals surface area contributed by atoms with Crippen LogP contribution in [0.3, 0.4) is 0 Å². The van der Waals surface area contributed by atoms with Crippen molar-refractivity contribution in [3.8, 4) is 11.8 Å². The number of hydrogen-bond donors (Lipinski definition) is 1. The molecule has 2 aliphatic heterocycles. The average Bonchev–Trinajstić information content (AvgIpc) is 2.83. The molecule has 0 amide bonds. The van der Waals surface area contributed by atoms with E-state index in [1.807, 2.05) is 6.07 Å². The lowest BCUT2D eigenvalue weighted by molar-refractivity contribution is -0.147. The van der Waals surface area contributed by atoms with Gasteiger partial charge in [-0.3, -0.25) is 9.69 Å².